The van der Waals surface area contributed by atoms with Gasteiger partial charge < -0.3 is 15.8 Å². The number of hydrogen-bond donors (Lipinski definition) is 2. The first kappa shape index (κ1) is 12.4. The standard InChI is InChI=1S/C12H15BrN2O2/c13-10-5-1-4-9(11(10)14)12(16)15-7-8-3-2-6-17-8/h1,4-5,8H,2-3,6-7,14H2,(H,15,16). The Kier molecular flexibility index (Phi) is 4.02. The van der Waals surface area contributed by atoms with Crippen molar-refractivity contribution in [3.63, 3.8) is 0 Å². The van der Waals surface area contributed by atoms with Crippen LogP contribution in [0.25, 0.3) is 0 Å². The van der Waals surface area contributed by atoms with Gasteiger partial charge in [-0.05, 0) is 40.9 Å². The fourth-order valence-electron chi connectivity index (χ4n) is 1.84. The summed E-state index contributed by atoms with van der Waals surface area (Å²) in [6.07, 6.45) is 2.22. The number of para-hydroxylation sites is 1. The number of carbonyl (C=O) groups excluding carboxylic acids is 1. The molecule has 1 heterocycles. The molecule has 1 aliphatic heterocycles. The summed E-state index contributed by atoms with van der Waals surface area (Å²) in [4.78, 5) is 11.9. The highest BCUT2D eigenvalue weighted by Gasteiger charge is 2.17. The Morgan fingerprint density at radius 1 is 1.59 bits per heavy atom. The Balaban J connectivity index is 1.97. The third kappa shape index (κ3) is 2.98. The van der Waals surface area contributed by atoms with Gasteiger partial charge in [0.15, 0.2) is 0 Å². The van der Waals surface area contributed by atoms with E-state index in [0.717, 1.165) is 23.9 Å². The van der Waals surface area contributed by atoms with E-state index in [4.69, 9.17) is 10.5 Å². The molecule has 5 heteroatoms. The van der Waals surface area contributed by atoms with Crippen LogP contribution in [0.2, 0.25) is 0 Å². The molecule has 1 unspecified atom stereocenters. The van der Waals surface area contributed by atoms with Gasteiger partial charge in [0.05, 0.1) is 17.4 Å². The molecule has 0 spiro atoms. The fourth-order valence-corrected chi connectivity index (χ4v) is 2.21. The lowest BCUT2D eigenvalue weighted by molar-refractivity contribution is 0.0858. The van der Waals surface area contributed by atoms with Crippen LogP contribution in [-0.4, -0.2) is 25.2 Å². The Morgan fingerprint density at radius 2 is 2.41 bits per heavy atom. The first-order valence-electron chi connectivity index (χ1n) is 5.62. The monoisotopic (exact) mass is 298 g/mol. The number of hydrogen-bond acceptors (Lipinski definition) is 3. The fraction of sp³-hybridized carbons (Fsp3) is 0.417. The topological polar surface area (TPSA) is 64.4 Å². The van der Waals surface area contributed by atoms with E-state index in [1.165, 1.54) is 0 Å². The Hall–Kier alpha value is -1.07. The molecule has 1 aromatic carbocycles. The molecule has 2 rings (SSSR count). The van der Waals surface area contributed by atoms with Gasteiger partial charge in [0, 0.05) is 17.6 Å². The van der Waals surface area contributed by atoms with Gasteiger partial charge in [-0.3, -0.25) is 4.79 Å². The molecule has 92 valence electrons. The van der Waals surface area contributed by atoms with Crippen LogP contribution >= 0.6 is 15.9 Å². The van der Waals surface area contributed by atoms with Crippen LogP contribution in [0.5, 0.6) is 0 Å². The van der Waals surface area contributed by atoms with E-state index in [-0.39, 0.29) is 12.0 Å². The van der Waals surface area contributed by atoms with E-state index in [0.29, 0.717) is 17.8 Å². The molecular weight excluding hydrogens is 284 g/mol. The molecular formula is C12H15BrN2O2. The second kappa shape index (κ2) is 5.51. The number of halogens is 1. The number of rotatable bonds is 3. The van der Waals surface area contributed by atoms with Crippen LogP contribution in [0, 0.1) is 0 Å². The lowest BCUT2D eigenvalue weighted by Crippen LogP contribution is -2.32. The van der Waals surface area contributed by atoms with Crippen molar-refractivity contribution >= 4 is 27.5 Å². The average Bonchev–Trinajstić information content (AvgIpc) is 2.82. The van der Waals surface area contributed by atoms with Crippen molar-refractivity contribution in [2.45, 2.75) is 18.9 Å². The van der Waals surface area contributed by atoms with E-state index in [9.17, 15) is 4.79 Å². The SMILES string of the molecule is Nc1c(Br)cccc1C(=O)NCC1CCCO1. The zero-order valence-corrected chi connectivity index (χ0v) is 11.0. The molecule has 1 amide bonds. The van der Waals surface area contributed by atoms with Crippen LogP contribution < -0.4 is 11.1 Å². The summed E-state index contributed by atoms with van der Waals surface area (Å²) in [6, 6.07) is 5.32. The molecule has 1 fully saturated rings. The van der Waals surface area contributed by atoms with Gasteiger partial charge in [0.25, 0.3) is 5.91 Å². The maximum Gasteiger partial charge on any atom is 0.253 e. The predicted molar refractivity (Wildman–Crippen MR) is 69.9 cm³/mol. The van der Waals surface area contributed by atoms with Gasteiger partial charge in [-0.15, -0.1) is 0 Å². The Bertz CT molecular complexity index is 417. The molecule has 0 radical (unpaired) electrons. The van der Waals surface area contributed by atoms with E-state index in [2.05, 4.69) is 21.2 Å². The highest BCUT2D eigenvalue weighted by molar-refractivity contribution is 9.10. The molecule has 1 aliphatic rings. The lowest BCUT2D eigenvalue weighted by atomic mass is 10.1. The zero-order valence-electron chi connectivity index (χ0n) is 9.41. The molecule has 0 bridgehead atoms. The number of carbonyl (C=O) groups is 1. The number of anilines is 1. The van der Waals surface area contributed by atoms with Crippen molar-refractivity contribution in [1.29, 1.82) is 0 Å². The summed E-state index contributed by atoms with van der Waals surface area (Å²) in [5.41, 5.74) is 6.80. The first-order chi connectivity index (χ1) is 8.18. The second-order valence-corrected chi connectivity index (χ2v) is 4.90. The number of nitrogens with one attached hydrogen (secondary N) is 1. The van der Waals surface area contributed by atoms with Gasteiger partial charge in [-0.2, -0.15) is 0 Å². The summed E-state index contributed by atoms with van der Waals surface area (Å²) in [5, 5.41) is 2.84. The van der Waals surface area contributed by atoms with Crippen molar-refractivity contribution in [2.75, 3.05) is 18.9 Å². The average molecular weight is 299 g/mol. The van der Waals surface area contributed by atoms with Gasteiger partial charge >= 0.3 is 0 Å². The van der Waals surface area contributed by atoms with Gasteiger partial charge in [0.1, 0.15) is 0 Å². The van der Waals surface area contributed by atoms with Crippen LogP contribution in [0.1, 0.15) is 23.2 Å². The van der Waals surface area contributed by atoms with Crippen molar-refractivity contribution in [1.82, 2.24) is 5.32 Å². The highest BCUT2D eigenvalue weighted by Crippen LogP contribution is 2.22. The summed E-state index contributed by atoms with van der Waals surface area (Å²) < 4.78 is 6.18. The quantitative estimate of drug-likeness (QED) is 0.838. The maximum atomic E-state index is 11.9. The minimum absolute atomic E-state index is 0.146. The van der Waals surface area contributed by atoms with Gasteiger partial charge in [-0.1, -0.05) is 6.07 Å². The predicted octanol–water partition coefficient (Wildman–Crippen LogP) is 1.94. The molecule has 17 heavy (non-hydrogen) atoms. The van der Waals surface area contributed by atoms with Crippen molar-refractivity contribution in [3.8, 4) is 0 Å². The third-order valence-corrected chi connectivity index (χ3v) is 3.50. The summed E-state index contributed by atoms with van der Waals surface area (Å²) >= 11 is 3.30. The smallest absolute Gasteiger partial charge is 0.253 e. The first-order valence-corrected chi connectivity index (χ1v) is 6.41. The van der Waals surface area contributed by atoms with E-state index in [1.807, 2.05) is 6.07 Å². The molecule has 0 saturated carbocycles. The number of amides is 1. The van der Waals surface area contributed by atoms with Gasteiger partial charge in [-0.25, -0.2) is 0 Å². The van der Waals surface area contributed by atoms with Crippen molar-refractivity contribution < 1.29 is 9.53 Å². The summed E-state index contributed by atoms with van der Waals surface area (Å²) in [7, 11) is 0. The zero-order chi connectivity index (χ0) is 12.3. The Labute approximate surface area is 109 Å². The molecule has 0 aromatic heterocycles. The van der Waals surface area contributed by atoms with Crippen LogP contribution in [-0.2, 0) is 4.74 Å². The highest BCUT2D eigenvalue weighted by atomic mass is 79.9. The number of benzene rings is 1. The van der Waals surface area contributed by atoms with E-state index in [1.54, 1.807) is 12.1 Å². The second-order valence-electron chi connectivity index (χ2n) is 4.05. The van der Waals surface area contributed by atoms with Crippen molar-refractivity contribution in [2.24, 2.45) is 0 Å². The third-order valence-electron chi connectivity index (χ3n) is 2.81. The minimum Gasteiger partial charge on any atom is -0.397 e. The number of ether oxygens (including phenoxy) is 1. The van der Waals surface area contributed by atoms with Crippen molar-refractivity contribution in [3.05, 3.63) is 28.2 Å². The lowest BCUT2D eigenvalue weighted by Gasteiger charge is -2.12. The van der Waals surface area contributed by atoms with Crippen LogP contribution in [0.15, 0.2) is 22.7 Å². The maximum absolute atomic E-state index is 11.9. The molecule has 1 aromatic rings. The summed E-state index contributed by atoms with van der Waals surface area (Å²) in [6.45, 7) is 1.34. The molecule has 4 nitrogen and oxygen atoms in total. The summed E-state index contributed by atoms with van der Waals surface area (Å²) in [5.74, 6) is -0.153. The van der Waals surface area contributed by atoms with Crippen LogP contribution in [0.4, 0.5) is 5.69 Å². The van der Waals surface area contributed by atoms with E-state index >= 15 is 0 Å². The van der Waals surface area contributed by atoms with E-state index < -0.39 is 0 Å². The van der Waals surface area contributed by atoms with Crippen LogP contribution in [0.3, 0.4) is 0 Å². The molecule has 3 N–H and O–H groups in total. The molecule has 1 saturated heterocycles. The minimum atomic E-state index is -0.153. The molecule has 0 aliphatic carbocycles. The number of nitrogen functional groups attached to an aromatic ring is 1. The largest absolute Gasteiger partial charge is 0.397 e. The molecule has 1 atom stereocenters. The normalized spacial score (nSPS) is 19.2. The number of nitrogens with two attached hydrogens (primary N) is 1. The Morgan fingerprint density at radius 3 is 3.12 bits per heavy atom. The van der Waals surface area contributed by atoms with Gasteiger partial charge in [0.2, 0.25) is 0 Å².